The van der Waals surface area contributed by atoms with Crippen LogP contribution in [-0.2, 0) is 11.3 Å². The summed E-state index contributed by atoms with van der Waals surface area (Å²) < 4.78 is 1.90. The molecule has 0 aliphatic heterocycles. The minimum atomic E-state index is -0.0741. The predicted octanol–water partition coefficient (Wildman–Crippen LogP) is 3.75. The lowest BCUT2D eigenvalue weighted by molar-refractivity contribution is -0.114. The molecule has 122 valence electrons. The lowest BCUT2D eigenvalue weighted by Crippen LogP contribution is -2.11. The van der Waals surface area contributed by atoms with Crippen molar-refractivity contribution in [3.05, 3.63) is 72.1 Å². The number of para-hydroxylation sites is 3. The van der Waals surface area contributed by atoms with E-state index in [0.29, 0.717) is 6.54 Å². The van der Waals surface area contributed by atoms with E-state index in [-0.39, 0.29) is 5.91 Å². The number of benzene rings is 2. The van der Waals surface area contributed by atoms with Gasteiger partial charge in [-0.2, -0.15) is 5.10 Å². The fourth-order valence-corrected chi connectivity index (χ4v) is 2.61. The van der Waals surface area contributed by atoms with Crippen molar-refractivity contribution < 1.29 is 4.79 Å². The quantitative estimate of drug-likeness (QED) is 0.752. The molecule has 0 spiro atoms. The average Bonchev–Trinajstić information content (AvgIpc) is 3.00. The standard InChI is InChI=1S/C19H20N4O/c1-14-11-12-21-23(14)19-10-6-5-9-18(19)20-13-16-7-3-4-8-17(16)22-15(2)24/h3-12,20H,13H2,1-2H3,(H,22,24). The molecule has 2 N–H and O–H groups in total. The van der Waals surface area contributed by atoms with Gasteiger partial charge >= 0.3 is 0 Å². The number of rotatable bonds is 5. The molecule has 0 saturated carbocycles. The van der Waals surface area contributed by atoms with Crippen LogP contribution in [0.3, 0.4) is 0 Å². The van der Waals surface area contributed by atoms with Crippen LogP contribution in [0, 0.1) is 6.92 Å². The Morgan fingerprint density at radius 2 is 1.75 bits per heavy atom. The number of nitrogens with one attached hydrogen (secondary N) is 2. The molecule has 0 bridgehead atoms. The van der Waals surface area contributed by atoms with Gasteiger partial charge < -0.3 is 10.6 Å². The normalized spacial score (nSPS) is 10.4. The lowest BCUT2D eigenvalue weighted by atomic mass is 10.1. The maximum atomic E-state index is 11.3. The molecule has 5 heteroatoms. The zero-order valence-corrected chi connectivity index (χ0v) is 13.8. The van der Waals surface area contributed by atoms with Gasteiger partial charge in [-0.25, -0.2) is 4.68 Å². The summed E-state index contributed by atoms with van der Waals surface area (Å²) in [7, 11) is 0. The van der Waals surface area contributed by atoms with E-state index in [1.54, 1.807) is 6.20 Å². The van der Waals surface area contributed by atoms with Gasteiger partial charge in [-0.3, -0.25) is 4.79 Å². The molecule has 2 aromatic carbocycles. The summed E-state index contributed by atoms with van der Waals surface area (Å²) in [5, 5.41) is 10.7. The third-order valence-corrected chi connectivity index (χ3v) is 3.76. The first-order valence-corrected chi connectivity index (χ1v) is 7.84. The van der Waals surface area contributed by atoms with Crippen LogP contribution in [-0.4, -0.2) is 15.7 Å². The molecule has 24 heavy (non-hydrogen) atoms. The number of aromatic nitrogens is 2. The number of nitrogens with zero attached hydrogens (tertiary/aromatic N) is 2. The summed E-state index contributed by atoms with van der Waals surface area (Å²) in [6.45, 7) is 4.14. The molecule has 5 nitrogen and oxygen atoms in total. The Morgan fingerprint density at radius 1 is 1.04 bits per heavy atom. The average molecular weight is 320 g/mol. The zero-order chi connectivity index (χ0) is 16.9. The molecular formula is C19H20N4O. The van der Waals surface area contributed by atoms with Crippen LogP contribution in [0.25, 0.3) is 5.69 Å². The number of carbonyl (C=O) groups excluding carboxylic acids is 1. The Morgan fingerprint density at radius 3 is 2.46 bits per heavy atom. The van der Waals surface area contributed by atoms with E-state index in [2.05, 4.69) is 15.7 Å². The van der Waals surface area contributed by atoms with Gasteiger partial charge in [-0.1, -0.05) is 30.3 Å². The largest absolute Gasteiger partial charge is 0.379 e. The van der Waals surface area contributed by atoms with E-state index in [1.807, 2.05) is 66.2 Å². The molecule has 1 aromatic heterocycles. The summed E-state index contributed by atoms with van der Waals surface area (Å²) in [4.78, 5) is 11.3. The molecule has 0 saturated heterocycles. The van der Waals surface area contributed by atoms with Crippen molar-refractivity contribution in [3.63, 3.8) is 0 Å². The summed E-state index contributed by atoms with van der Waals surface area (Å²) in [6.07, 6.45) is 1.79. The Kier molecular flexibility index (Phi) is 4.61. The maximum absolute atomic E-state index is 11.3. The summed E-state index contributed by atoms with van der Waals surface area (Å²) in [5.74, 6) is -0.0741. The van der Waals surface area contributed by atoms with Crippen molar-refractivity contribution in [2.45, 2.75) is 20.4 Å². The first-order valence-electron chi connectivity index (χ1n) is 7.84. The molecule has 3 aromatic rings. The Bertz CT molecular complexity index is 854. The highest BCUT2D eigenvalue weighted by molar-refractivity contribution is 5.89. The monoisotopic (exact) mass is 320 g/mol. The Balaban J connectivity index is 1.84. The van der Waals surface area contributed by atoms with Gasteiger partial charge in [0.25, 0.3) is 0 Å². The number of aryl methyl sites for hydroxylation is 1. The molecule has 1 amide bonds. The van der Waals surface area contributed by atoms with Crippen LogP contribution in [0.5, 0.6) is 0 Å². The highest BCUT2D eigenvalue weighted by atomic mass is 16.1. The molecule has 3 rings (SSSR count). The van der Waals surface area contributed by atoms with E-state index in [4.69, 9.17) is 0 Å². The summed E-state index contributed by atoms with van der Waals surface area (Å²) in [5.41, 5.74) is 4.91. The predicted molar refractivity (Wildman–Crippen MR) is 96.4 cm³/mol. The van der Waals surface area contributed by atoms with E-state index >= 15 is 0 Å². The molecule has 0 aliphatic rings. The van der Waals surface area contributed by atoms with Crippen molar-refractivity contribution in [2.24, 2.45) is 0 Å². The maximum Gasteiger partial charge on any atom is 0.221 e. The molecule has 0 aliphatic carbocycles. The van der Waals surface area contributed by atoms with Crippen LogP contribution >= 0.6 is 0 Å². The summed E-state index contributed by atoms with van der Waals surface area (Å²) in [6, 6.07) is 17.8. The van der Waals surface area contributed by atoms with Gasteiger partial charge in [0.15, 0.2) is 0 Å². The third kappa shape index (κ3) is 3.46. The van der Waals surface area contributed by atoms with Crippen molar-refractivity contribution in [2.75, 3.05) is 10.6 Å². The second-order valence-electron chi connectivity index (χ2n) is 5.59. The number of amides is 1. The van der Waals surface area contributed by atoms with Gasteiger partial charge in [0, 0.05) is 31.0 Å². The van der Waals surface area contributed by atoms with Crippen LogP contribution in [0.15, 0.2) is 60.8 Å². The molecule has 0 fully saturated rings. The number of hydrogen-bond acceptors (Lipinski definition) is 3. The van der Waals surface area contributed by atoms with Crippen LogP contribution in [0.2, 0.25) is 0 Å². The van der Waals surface area contributed by atoms with Crippen LogP contribution in [0.1, 0.15) is 18.2 Å². The smallest absolute Gasteiger partial charge is 0.221 e. The minimum absolute atomic E-state index is 0.0741. The second kappa shape index (κ2) is 7.00. The fraction of sp³-hybridized carbons (Fsp3) is 0.158. The molecule has 0 radical (unpaired) electrons. The topological polar surface area (TPSA) is 59.0 Å². The first kappa shape index (κ1) is 15.8. The lowest BCUT2D eigenvalue weighted by Gasteiger charge is -2.15. The van der Waals surface area contributed by atoms with Crippen LogP contribution in [0.4, 0.5) is 11.4 Å². The van der Waals surface area contributed by atoms with Gasteiger partial charge in [-0.05, 0) is 36.8 Å². The van der Waals surface area contributed by atoms with E-state index < -0.39 is 0 Å². The van der Waals surface area contributed by atoms with Crippen molar-refractivity contribution in [1.29, 1.82) is 0 Å². The van der Waals surface area contributed by atoms with Crippen LogP contribution < -0.4 is 10.6 Å². The van der Waals surface area contributed by atoms with E-state index in [9.17, 15) is 4.79 Å². The van der Waals surface area contributed by atoms with E-state index in [1.165, 1.54) is 6.92 Å². The SMILES string of the molecule is CC(=O)Nc1ccccc1CNc1ccccc1-n1nccc1C. The Labute approximate surface area is 141 Å². The third-order valence-electron chi connectivity index (χ3n) is 3.76. The highest BCUT2D eigenvalue weighted by Gasteiger charge is 2.08. The minimum Gasteiger partial charge on any atom is -0.379 e. The van der Waals surface area contributed by atoms with Gasteiger partial charge in [0.1, 0.15) is 0 Å². The van der Waals surface area contributed by atoms with Gasteiger partial charge in [-0.15, -0.1) is 0 Å². The number of carbonyl (C=O) groups is 1. The molecule has 1 heterocycles. The van der Waals surface area contributed by atoms with Gasteiger partial charge in [0.2, 0.25) is 5.91 Å². The number of anilines is 2. The second-order valence-corrected chi connectivity index (χ2v) is 5.59. The van der Waals surface area contributed by atoms with Gasteiger partial charge in [0.05, 0.1) is 11.4 Å². The highest BCUT2D eigenvalue weighted by Crippen LogP contribution is 2.23. The Hall–Kier alpha value is -3.08. The summed E-state index contributed by atoms with van der Waals surface area (Å²) >= 11 is 0. The van der Waals surface area contributed by atoms with E-state index in [0.717, 1.165) is 28.3 Å². The van der Waals surface area contributed by atoms with Crippen molar-refractivity contribution in [1.82, 2.24) is 9.78 Å². The molecule has 0 unspecified atom stereocenters. The molecular weight excluding hydrogens is 300 g/mol. The number of hydrogen-bond donors (Lipinski definition) is 2. The fourth-order valence-electron chi connectivity index (χ4n) is 2.61. The first-order chi connectivity index (χ1) is 11.6. The van der Waals surface area contributed by atoms with Crippen molar-refractivity contribution in [3.8, 4) is 5.69 Å². The van der Waals surface area contributed by atoms with Crippen molar-refractivity contribution >= 4 is 17.3 Å². The zero-order valence-electron chi connectivity index (χ0n) is 13.8. The molecule has 0 atom stereocenters.